The number of H-pyrrole nitrogens is 1. The second kappa shape index (κ2) is 4.01. The van der Waals surface area contributed by atoms with Crippen LogP contribution < -0.4 is 5.32 Å². The largest absolute Gasteiger partial charge is 0.337 e. The predicted octanol–water partition coefficient (Wildman–Crippen LogP) is 0.669. The van der Waals surface area contributed by atoms with Gasteiger partial charge in [0.05, 0.1) is 12.2 Å². The molecule has 16 heavy (non-hydrogen) atoms. The Balaban J connectivity index is 1.82. The maximum Gasteiger partial charge on any atom is 0.244 e. The molecule has 0 aliphatic carbocycles. The Morgan fingerprint density at radius 2 is 2.38 bits per heavy atom. The Hall–Kier alpha value is -1.76. The highest BCUT2D eigenvalue weighted by Crippen LogP contribution is 2.22. The number of aromatic nitrogens is 5. The first kappa shape index (κ1) is 9.46. The van der Waals surface area contributed by atoms with Crippen LogP contribution in [0, 0.1) is 0 Å². The molecule has 1 unspecified atom stereocenters. The molecule has 2 aromatic rings. The molecule has 2 N–H and O–H groups in total. The molecule has 1 atom stereocenters. The molecule has 2 aromatic heterocycles. The summed E-state index contributed by atoms with van der Waals surface area (Å²) in [5, 5.41) is 17.4. The lowest BCUT2D eigenvalue weighted by atomic mass is 10.1. The van der Waals surface area contributed by atoms with Crippen molar-refractivity contribution in [3.63, 3.8) is 0 Å². The zero-order chi connectivity index (χ0) is 10.8. The van der Waals surface area contributed by atoms with Crippen molar-refractivity contribution >= 4 is 0 Å². The van der Waals surface area contributed by atoms with Gasteiger partial charge in [-0.05, 0) is 19.4 Å². The van der Waals surface area contributed by atoms with Crippen molar-refractivity contribution in [3.8, 4) is 11.5 Å². The molecule has 84 valence electrons. The minimum atomic E-state index is 0.182. The summed E-state index contributed by atoms with van der Waals surface area (Å²) >= 11 is 0. The zero-order valence-corrected chi connectivity index (χ0v) is 8.68. The van der Waals surface area contributed by atoms with E-state index in [4.69, 9.17) is 4.52 Å². The van der Waals surface area contributed by atoms with Crippen LogP contribution in [0.1, 0.15) is 31.2 Å². The van der Waals surface area contributed by atoms with Crippen LogP contribution in [0.25, 0.3) is 11.5 Å². The maximum absolute atomic E-state index is 5.22. The summed E-state index contributed by atoms with van der Waals surface area (Å²) in [6.07, 6.45) is 5.02. The van der Waals surface area contributed by atoms with Gasteiger partial charge >= 0.3 is 0 Å². The summed E-state index contributed by atoms with van der Waals surface area (Å²) in [6, 6.07) is 0.182. The summed E-state index contributed by atoms with van der Waals surface area (Å²) in [7, 11) is 0. The monoisotopic (exact) mass is 220 g/mol. The Morgan fingerprint density at radius 1 is 1.38 bits per heavy atom. The summed E-state index contributed by atoms with van der Waals surface area (Å²) in [4.78, 5) is 4.31. The standard InChI is InChI=1S/C9H12N6O/c1-2-4-10-6(3-1)9-12-8(14-16-9)7-5-11-15-13-7/h5-6,10H,1-4H2,(H,11,13,15). The highest BCUT2D eigenvalue weighted by Gasteiger charge is 2.21. The number of piperidine rings is 1. The van der Waals surface area contributed by atoms with Crippen LogP contribution in [0.4, 0.5) is 0 Å². The first-order valence-corrected chi connectivity index (χ1v) is 5.36. The Morgan fingerprint density at radius 3 is 3.12 bits per heavy atom. The fourth-order valence-electron chi connectivity index (χ4n) is 1.85. The van der Waals surface area contributed by atoms with E-state index in [0.29, 0.717) is 17.4 Å². The number of nitrogens with zero attached hydrogens (tertiary/aromatic N) is 4. The number of hydrogen-bond acceptors (Lipinski definition) is 6. The molecule has 0 aromatic carbocycles. The molecular formula is C9H12N6O. The van der Waals surface area contributed by atoms with Gasteiger partial charge in [-0.3, -0.25) is 0 Å². The first-order chi connectivity index (χ1) is 7.93. The van der Waals surface area contributed by atoms with Crippen molar-refractivity contribution in [2.75, 3.05) is 6.54 Å². The van der Waals surface area contributed by atoms with Crippen molar-refractivity contribution in [3.05, 3.63) is 12.1 Å². The quantitative estimate of drug-likeness (QED) is 0.772. The molecule has 3 heterocycles. The van der Waals surface area contributed by atoms with E-state index in [-0.39, 0.29) is 6.04 Å². The second-order valence-electron chi connectivity index (χ2n) is 3.81. The third kappa shape index (κ3) is 1.69. The van der Waals surface area contributed by atoms with Crippen LogP contribution in [0.3, 0.4) is 0 Å². The van der Waals surface area contributed by atoms with Crippen molar-refractivity contribution in [2.24, 2.45) is 0 Å². The molecule has 0 saturated carbocycles. The van der Waals surface area contributed by atoms with Crippen LogP contribution in [-0.4, -0.2) is 32.1 Å². The fourth-order valence-corrected chi connectivity index (χ4v) is 1.85. The van der Waals surface area contributed by atoms with Crippen molar-refractivity contribution in [1.82, 2.24) is 30.9 Å². The van der Waals surface area contributed by atoms with Gasteiger partial charge < -0.3 is 9.84 Å². The van der Waals surface area contributed by atoms with Crippen molar-refractivity contribution in [2.45, 2.75) is 25.3 Å². The number of rotatable bonds is 2. The van der Waals surface area contributed by atoms with Gasteiger partial charge in [0.1, 0.15) is 0 Å². The van der Waals surface area contributed by atoms with Gasteiger partial charge in [0.25, 0.3) is 0 Å². The number of nitrogens with one attached hydrogen (secondary N) is 2. The van der Waals surface area contributed by atoms with Gasteiger partial charge in [0, 0.05) is 0 Å². The van der Waals surface area contributed by atoms with Gasteiger partial charge in [-0.2, -0.15) is 20.4 Å². The third-order valence-electron chi connectivity index (χ3n) is 2.69. The SMILES string of the molecule is c1n[nH]nc1-c1noc(C2CCCCN2)n1. The topological polar surface area (TPSA) is 92.5 Å². The first-order valence-electron chi connectivity index (χ1n) is 5.36. The van der Waals surface area contributed by atoms with Crippen LogP contribution in [0.2, 0.25) is 0 Å². The van der Waals surface area contributed by atoms with Gasteiger partial charge in [0.2, 0.25) is 11.7 Å². The van der Waals surface area contributed by atoms with Gasteiger partial charge in [0.15, 0.2) is 5.69 Å². The number of aromatic amines is 1. The highest BCUT2D eigenvalue weighted by molar-refractivity contribution is 5.44. The lowest BCUT2D eigenvalue weighted by Crippen LogP contribution is -2.26. The molecule has 7 nitrogen and oxygen atoms in total. The van der Waals surface area contributed by atoms with E-state index < -0.39 is 0 Å². The Bertz CT molecular complexity index is 444. The highest BCUT2D eigenvalue weighted by atomic mass is 16.5. The van der Waals surface area contributed by atoms with E-state index in [2.05, 4.69) is 30.9 Å². The predicted molar refractivity (Wildman–Crippen MR) is 54.3 cm³/mol. The van der Waals surface area contributed by atoms with Crippen molar-refractivity contribution < 1.29 is 4.52 Å². The Labute approximate surface area is 91.6 Å². The lowest BCUT2D eigenvalue weighted by Gasteiger charge is -2.19. The van der Waals surface area contributed by atoms with E-state index >= 15 is 0 Å². The molecular weight excluding hydrogens is 208 g/mol. The summed E-state index contributed by atoms with van der Waals surface area (Å²) in [6.45, 7) is 1.01. The summed E-state index contributed by atoms with van der Waals surface area (Å²) in [5.74, 6) is 1.12. The minimum absolute atomic E-state index is 0.182. The normalized spacial score (nSPS) is 21.1. The van der Waals surface area contributed by atoms with E-state index in [1.807, 2.05) is 0 Å². The molecule has 1 fully saturated rings. The molecule has 3 rings (SSSR count). The zero-order valence-electron chi connectivity index (χ0n) is 8.68. The molecule has 0 spiro atoms. The average Bonchev–Trinajstić information content (AvgIpc) is 3.01. The molecule has 0 bridgehead atoms. The van der Waals surface area contributed by atoms with Crippen LogP contribution >= 0.6 is 0 Å². The Kier molecular flexibility index (Phi) is 2.37. The average molecular weight is 220 g/mol. The molecule has 7 heteroatoms. The van der Waals surface area contributed by atoms with E-state index in [1.165, 1.54) is 12.8 Å². The maximum atomic E-state index is 5.22. The van der Waals surface area contributed by atoms with E-state index in [0.717, 1.165) is 13.0 Å². The summed E-state index contributed by atoms with van der Waals surface area (Å²) < 4.78 is 5.22. The van der Waals surface area contributed by atoms with E-state index in [1.54, 1.807) is 6.20 Å². The molecule has 0 radical (unpaired) electrons. The molecule has 1 aliphatic rings. The number of hydrogen-bond donors (Lipinski definition) is 2. The smallest absolute Gasteiger partial charge is 0.244 e. The molecule has 1 saturated heterocycles. The minimum Gasteiger partial charge on any atom is -0.337 e. The van der Waals surface area contributed by atoms with Crippen LogP contribution in [0.15, 0.2) is 10.7 Å². The van der Waals surface area contributed by atoms with Crippen molar-refractivity contribution in [1.29, 1.82) is 0 Å². The lowest BCUT2D eigenvalue weighted by molar-refractivity contribution is 0.297. The van der Waals surface area contributed by atoms with Crippen LogP contribution in [0.5, 0.6) is 0 Å². The van der Waals surface area contributed by atoms with Gasteiger partial charge in [-0.25, -0.2) is 0 Å². The van der Waals surface area contributed by atoms with Crippen LogP contribution in [-0.2, 0) is 0 Å². The molecule has 0 amide bonds. The fraction of sp³-hybridized carbons (Fsp3) is 0.556. The summed E-state index contributed by atoms with van der Waals surface area (Å²) in [5.41, 5.74) is 0.603. The molecule has 1 aliphatic heterocycles. The third-order valence-corrected chi connectivity index (χ3v) is 2.69. The van der Waals surface area contributed by atoms with Gasteiger partial charge in [-0.15, -0.1) is 0 Å². The van der Waals surface area contributed by atoms with Gasteiger partial charge in [-0.1, -0.05) is 11.6 Å². The second-order valence-corrected chi connectivity index (χ2v) is 3.81. The van der Waals surface area contributed by atoms with E-state index in [9.17, 15) is 0 Å².